The average Bonchev–Trinajstić information content (AvgIpc) is 3.26. The van der Waals surface area contributed by atoms with Crippen LogP contribution in [0.5, 0.6) is 0 Å². The highest BCUT2D eigenvalue weighted by atomic mass is 16.6. The zero-order chi connectivity index (χ0) is 39.0. The van der Waals surface area contributed by atoms with Gasteiger partial charge >= 0.3 is 30.0 Å². The number of ether oxygens (including phenoxy) is 1. The van der Waals surface area contributed by atoms with Crippen LogP contribution < -0.4 is 21.3 Å². The van der Waals surface area contributed by atoms with Gasteiger partial charge in [0, 0.05) is 23.6 Å². The molecule has 1 heterocycles. The van der Waals surface area contributed by atoms with E-state index >= 15 is 0 Å². The number of carboxylic acid groups (broad SMARTS) is 1. The number of esters is 2. The van der Waals surface area contributed by atoms with E-state index in [2.05, 4.69) is 10.6 Å². The smallest absolute Gasteiger partial charge is 0.333 e. The van der Waals surface area contributed by atoms with Crippen molar-refractivity contribution in [3.63, 3.8) is 0 Å². The number of nitrogens with two attached hydrogens (primary N) is 1. The molecular formula is C38H44N6O9. The molecule has 0 aromatic heterocycles. The molecule has 0 bridgehead atoms. The van der Waals surface area contributed by atoms with Crippen LogP contribution in [0.15, 0.2) is 78.9 Å². The number of nitrogens with one attached hydrogen (secondary N) is 2. The lowest BCUT2D eigenvalue weighted by molar-refractivity contribution is -0.161. The van der Waals surface area contributed by atoms with Gasteiger partial charge in [-0.3, -0.25) is 19.3 Å². The van der Waals surface area contributed by atoms with Crippen molar-refractivity contribution in [2.24, 2.45) is 11.7 Å². The first kappa shape index (κ1) is 39.7. The van der Waals surface area contributed by atoms with Crippen LogP contribution >= 0.6 is 0 Å². The van der Waals surface area contributed by atoms with Gasteiger partial charge in [-0.2, -0.15) is 0 Å². The fraction of sp³-hybridized carbons (Fsp3) is 0.342. The van der Waals surface area contributed by atoms with E-state index in [9.17, 15) is 33.6 Å². The number of aliphatic carboxylic acids is 1. The molecule has 280 valence electrons. The molecule has 15 nitrogen and oxygen atoms in total. The number of amides is 6. The van der Waals surface area contributed by atoms with Gasteiger partial charge in [0.15, 0.2) is 0 Å². The molecular weight excluding hydrogens is 684 g/mol. The van der Waals surface area contributed by atoms with Crippen molar-refractivity contribution in [1.29, 1.82) is 0 Å². The number of nitrogens with zero attached hydrogens (tertiary/aromatic N) is 3. The summed E-state index contributed by atoms with van der Waals surface area (Å²) in [5.41, 5.74) is 7.11. The number of carbonyl (C=O) groups is 7. The highest BCUT2D eigenvalue weighted by Gasteiger charge is 2.55. The second kappa shape index (κ2) is 17.0. The second-order valence-corrected chi connectivity index (χ2v) is 13.6. The lowest BCUT2D eigenvalue weighted by Gasteiger charge is -2.32. The minimum atomic E-state index is -1.62. The Morgan fingerprint density at radius 2 is 1.53 bits per heavy atom. The molecule has 6 amide bonds. The molecule has 4 rings (SSSR count). The summed E-state index contributed by atoms with van der Waals surface area (Å²) >= 11 is 0. The van der Waals surface area contributed by atoms with Crippen LogP contribution in [0.3, 0.4) is 0 Å². The maximum absolute atomic E-state index is 14.4. The Labute approximate surface area is 307 Å². The molecule has 0 unspecified atom stereocenters. The minimum absolute atomic E-state index is 0.000214. The Morgan fingerprint density at radius 1 is 0.906 bits per heavy atom. The molecule has 15 heteroatoms. The number of anilines is 3. The van der Waals surface area contributed by atoms with Crippen molar-refractivity contribution in [3.8, 4) is 0 Å². The summed E-state index contributed by atoms with van der Waals surface area (Å²) in [5, 5.41) is 14.5. The molecule has 1 aliphatic heterocycles. The normalized spacial score (nSPS) is 14.8. The number of hydrogen-bond acceptors (Lipinski definition) is 9. The van der Waals surface area contributed by atoms with Gasteiger partial charge in [-0.15, -0.1) is 0 Å². The summed E-state index contributed by atoms with van der Waals surface area (Å²) in [7, 11) is 0. The molecule has 1 aliphatic rings. The lowest BCUT2D eigenvalue weighted by atomic mass is 9.98. The van der Waals surface area contributed by atoms with Crippen molar-refractivity contribution < 1.29 is 43.4 Å². The molecule has 1 saturated heterocycles. The SMILES string of the molecule is Cc1ccccc1NC(=O)Nc1ccc(CN2C(=O)N([C@@H](CC(C)C)C(=O)N(CC(=O)OC(=O)[C@@H](N)CC(=O)O)c3ccccc3)C(=O)C2(C)C)cc1. The molecule has 2 atom stereocenters. The number of rotatable bonds is 14. The van der Waals surface area contributed by atoms with E-state index in [0.29, 0.717) is 16.9 Å². The third kappa shape index (κ3) is 9.83. The fourth-order valence-electron chi connectivity index (χ4n) is 5.75. The summed E-state index contributed by atoms with van der Waals surface area (Å²) < 4.78 is 4.78. The van der Waals surface area contributed by atoms with Crippen LogP contribution in [-0.2, 0) is 35.3 Å². The summed E-state index contributed by atoms with van der Waals surface area (Å²) in [6.45, 7) is 7.87. The third-order valence-electron chi connectivity index (χ3n) is 8.62. The highest BCUT2D eigenvalue weighted by Crippen LogP contribution is 2.34. The lowest BCUT2D eigenvalue weighted by Crippen LogP contribution is -2.54. The van der Waals surface area contributed by atoms with Crippen LogP contribution in [0.4, 0.5) is 26.7 Å². The number of imide groups is 1. The van der Waals surface area contributed by atoms with Crippen LogP contribution in [0.1, 0.15) is 51.7 Å². The van der Waals surface area contributed by atoms with Gasteiger partial charge in [0.1, 0.15) is 24.2 Å². The quantitative estimate of drug-likeness (QED) is 0.104. The van der Waals surface area contributed by atoms with Crippen LogP contribution in [0.25, 0.3) is 0 Å². The Bertz CT molecular complexity index is 1860. The van der Waals surface area contributed by atoms with Crippen molar-refractivity contribution in [2.45, 2.75) is 71.6 Å². The van der Waals surface area contributed by atoms with Gasteiger partial charge in [-0.25, -0.2) is 24.1 Å². The van der Waals surface area contributed by atoms with E-state index in [4.69, 9.17) is 15.6 Å². The molecule has 0 radical (unpaired) electrons. The Hall–Kier alpha value is -6.09. The Kier molecular flexibility index (Phi) is 12.7. The summed E-state index contributed by atoms with van der Waals surface area (Å²) in [5.74, 6) is -5.44. The van der Waals surface area contributed by atoms with E-state index in [0.717, 1.165) is 15.4 Å². The molecule has 3 aromatic rings. The maximum Gasteiger partial charge on any atom is 0.333 e. The van der Waals surface area contributed by atoms with Gasteiger partial charge in [0.05, 0.1) is 6.42 Å². The highest BCUT2D eigenvalue weighted by molar-refractivity contribution is 6.12. The van der Waals surface area contributed by atoms with E-state index in [1.807, 2.05) is 39.0 Å². The number of hydrogen-bond donors (Lipinski definition) is 4. The molecule has 0 spiro atoms. The van der Waals surface area contributed by atoms with E-state index in [-0.39, 0.29) is 24.6 Å². The third-order valence-corrected chi connectivity index (χ3v) is 8.62. The number of carboxylic acids is 1. The molecule has 53 heavy (non-hydrogen) atoms. The zero-order valence-corrected chi connectivity index (χ0v) is 30.2. The van der Waals surface area contributed by atoms with Crippen molar-refractivity contribution in [2.75, 3.05) is 22.1 Å². The van der Waals surface area contributed by atoms with Gasteiger partial charge in [0.2, 0.25) is 0 Å². The maximum atomic E-state index is 14.4. The zero-order valence-electron chi connectivity index (χ0n) is 30.2. The fourth-order valence-corrected chi connectivity index (χ4v) is 5.75. The molecule has 0 aliphatic carbocycles. The summed E-state index contributed by atoms with van der Waals surface area (Å²) in [4.78, 5) is 94.7. The molecule has 0 saturated carbocycles. The predicted molar refractivity (Wildman–Crippen MR) is 195 cm³/mol. The first-order valence-electron chi connectivity index (χ1n) is 17.0. The minimum Gasteiger partial charge on any atom is -0.481 e. The predicted octanol–water partition coefficient (Wildman–Crippen LogP) is 4.50. The second-order valence-electron chi connectivity index (χ2n) is 13.6. The number of carbonyl (C=O) groups excluding carboxylic acids is 6. The summed E-state index contributed by atoms with van der Waals surface area (Å²) in [6.07, 6.45) is -0.728. The molecule has 1 fully saturated rings. The topological polar surface area (TPSA) is 209 Å². The largest absolute Gasteiger partial charge is 0.481 e. The monoisotopic (exact) mass is 728 g/mol. The van der Waals surface area contributed by atoms with Crippen LogP contribution in [-0.4, -0.2) is 80.9 Å². The van der Waals surface area contributed by atoms with Crippen molar-refractivity contribution >= 4 is 58.8 Å². The van der Waals surface area contributed by atoms with Gasteiger partial charge < -0.3 is 31.1 Å². The van der Waals surface area contributed by atoms with Gasteiger partial charge in [-0.1, -0.05) is 62.4 Å². The van der Waals surface area contributed by atoms with Gasteiger partial charge in [0.25, 0.3) is 11.8 Å². The van der Waals surface area contributed by atoms with Crippen LogP contribution in [0.2, 0.25) is 0 Å². The standard InChI is InChI=1S/C38H44N6O9/c1-23(2)19-30(33(48)42(27-12-7-6-8-13-27)22-32(47)53-34(49)28(39)20-31(45)46)44-35(50)38(4,5)43(37(44)52)21-25-15-17-26(18-16-25)40-36(51)41-29-14-10-9-11-24(29)3/h6-18,23,28,30H,19-22,39H2,1-5H3,(H,45,46)(H2,40,41,51)/t28-,30-/m0/s1. The molecule has 5 N–H and O–H groups in total. The summed E-state index contributed by atoms with van der Waals surface area (Å²) in [6, 6.07) is 18.0. The van der Waals surface area contributed by atoms with E-state index in [1.165, 1.54) is 17.0 Å². The first-order chi connectivity index (χ1) is 25.0. The average molecular weight is 729 g/mol. The van der Waals surface area contributed by atoms with E-state index < -0.39 is 72.4 Å². The molecule has 3 aromatic carbocycles. The number of para-hydroxylation sites is 2. The van der Waals surface area contributed by atoms with E-state index in [1.54, 1.807) is 62.4 Å². The van der Waals surface area contributed by atoms with Gasteiger partial charge in [-0.05, 0) is 74.6 Å². The van der Waals surface area contributed by atoms with Crippen molar-refractivity contribution in [3.05, 3.63) is 90.0 Å². The number of benzene rings is 3. The number of aryl methyl sites for hydroxylation is 1. The number of urea groups is 2. The Balaban J connectivity index is 1.55. The Morgan fingerprint density at radius 3 is 2.13 bits per heavy atom. The first-order valence-corrected chi connectivity index (χ1v) is 17.0. The van der Waals surface area contributed by atoms with Crippen LogP contribution in [0, 0.1) is 12.8 Å². The van der Waals surface area contributed by atoms with Crippen molar-refractivity contribution in [1.82, 2.24) is 9.80 Å².